The first-order valence-electron chi connectivity index (χ1n) is 8.74. The van der Waals surface area contributed by atoms with E-state index >= 15 is 0 Å². The largest absolute Gasteiger partial charge is 0.374 e. The summed E-state index contributed by atoms with van der Waals surface area (Å²) in [5.74, 6) is 2.47. The van der Waals surface area contributed by atoms with Crippen LogP contribution in [0.15, 0.2) is 0 Å². The van der Waals surface area contributed by atoms with Crippen molar-refractivity contribution in [3.63, 3.8) is 0 Å². The average molecular weight is 339 g/mol. The molecule has 4 rings (SSSR count). The van der Waals surface area contributed by atoms with Crippen molar-refractivity contribution in [3.8, 4) is 0 Å². The van der Waals surface area contributed by atoms with E-state index in [2.05, 4.69) is 24.0 Å². The van der Waals surface area contributed by atoms with Gasteiger partial charge in [-0.3, -0.25) is 0 Å². The summed E-state index contributed by atoms with van der Waals surface area (Å²) in [7, 11) is 0. The van der Waals surface area contributed by atoms with Gasteiger partial charge < -0.3 is 10.1 Å². The molecule has 2 fully saturated rings. The maximum absolute atomic E-state index is 6.17. The molecule has 22 heavy (non-hydrogen) atoms. The van der Waals surface area contributed by atoms with Crippen LogP contribution in [0.3, 0.4) is 0 Å². The number of aryl methyl sites for hydroxylation is 2. The summed E-state index contributed by atoms with van der Waals surface area (Å²) >= 11 is 4.01. The van der Waals surface area contributed by atoms with E-state index in [-0.39, 0.29) is 5.60 Å². The van der Waals surface area contributed by atoms with Crippen LogP contribution in [-0.4, -0.2) is 34.7 Å². The summed E-state index contributed by atoms with van der Waals surface area (Å²) in [6.07, 6.45) is 8.41. The van der Waals surface area contributed by atoms with Gasteiger partial charge in [0.2, 0.25) is 0 Å². The van der Waals surface area contributed by atoms with E-state index in [9.17, 15) is 0 Å². The molecule has 3 heterocycles. The molecule has 1 aliphatic carbocycles. The fraction of sp³-hybridized carbons (Fsp3) is 0.824. The Morgan fingerprint density at radius 1 is 1.41 bits per heavy atom. The Balaban J connectivity index is 1.46. The van der Waals surface area contributed by atoms with Gasteiger partial charge >= 0.3 is 0 Å². The molecule has 0 aromatic carbocycles. The number of aromatic nitrogens is 1. The normalized spacial score (nSPS) is 35.0. The predicted octanol–water partition coefficient (Wildman–Crippen LogP) is 3.73. The molecule has 0 saturated carbocycles. The molecule has 122 valence electrons. The number of nitrogens with one attached hydrogen (secondary N) is 1. The molecule has 2 aliphatic heterocycles. The summed E-state index contributed by atoms with van der Waals surface area (Å²) in [5, 5.41) is 5.30. The Morgan fingerprint density at radius 2 is 2.36 bits per heavy atom. The van der Waals surface area contributed by atoms with Crippen molar-refractivity contribution in [2.75, 3.05) is 18.1 Å². The Hall–Kier alpha value is -0.100. The Bertz CT molecular complexity index is 525. The van der Waals surface area contributed by atoms with E-state index in [0.717, 1.165) is 19.4 Å². The Kier molecular flexibility index (Phi) is 4.50. The zero-order valence-corrected chi connectivity index (χ0v) is 15.0. The third kappa shape index (κ3) is 2.97. The van der Waals surface area contributed by atoms with Gasteiger partial charge in [0.05, 0.1) is 16.3 Å². The second-order valence-corrected chi connectivity index (χ2v) is 9.13. The second kappa shape index (κ2) is 6.42. The van der Waals surface area contributed by atoms with Crippen LogP contribution in [-0.2, 0) is 17.6 Å². The first kappa shape index (κ1) is 15.4. The number of thioether (sulfide) groups is 1. The van der Waals surface area contributed by atoms with Crippen LogP contribution in [0.4, 0.5) is 0 Å². The van der Waals surface area contributed by atoms with Crippen molar-refractivity contribution in [1.29, 1.82) is 0 Å². The van der Waals surface area contributed by atoms with Gasteiger partial charge in [-0.1, -0.05) is 6.92 Å². The fourth-order valence-corrected chi connectivity index (χ4v) is 6.62. The molecule has 3 atom stereocenters. The van der Waals surface area contributed by atoms with Gasteiger partial charge in [0.25, 0.3) is 0 Å². The van der Waals surface area contributed by atoms with Gasteiger partial charge in [0.15, 0.2) is 0 Å². The van der Waals surface area contributed by atoms with Gasteiger partial charge in [0, 0.05) is 29.3 Å². The SMILES string of the molecule is CCc1nc2c(s1)C(NC1CCOC3(CCSC3)C1)CCC2. The Morgan fingerprint density at radius 3 is 3.18 bits per heavy atom. The van der Waals surface area contributed by atoms with E-state index in [0.29, 0.717) is 12.1 Å². The van der Waals surface area contributed by atoms with E-state index in [1.54, 1.807) is 0 Å². The molecule has 1 spiro atoms. The highest BCUT2D eigenvalue weighted by Crippen LogP contribution is 2.40. The van der Waals surface area contributed by atoms with Crippen molar-refractivity contribution in [1.82, 2.24) is 10.3 Å². The molecule has 2 saturated heterocycles. The molecule has 0 radical (unpaired) electrons. The smallest absolute Gasteiger partial charge is 0.0928 e. The monoisotopic (exact) mass is 338 g/mol. The molecule has 1 N–H and O–H groups in total. The molecule has 3 nitrogen and oxygen atoms in total. The molecule has 1 aromatic rings. The van der Waals surface area contributed by atoms with Crippen molar-refractivity contribution >= 4 is 23.1 Å². The minimum atomic E-state index is 0.181. The van der Waals surface area contributed by atoms with E-state index < -0.39 is 0 Å². The lowest BCUT2D eigenvalue weighted by atomic mass is 9.88. The van der Waals surface area contributed by atoms with E-state index in [1.165, 1.54) is 59.2 Å². The van der Waals surface area contributed by atoms with Crippen LogP contribution in [0.25, 0.3) is 0 Å². The van der Waals surface area contributed by atoms with Gasteiger partial charge in [0.1, 0.15) is 0 Å². The van der Waals surface area contributed by atoms with Crippen molar-refractivity contribution in [2.45, 2.75) is 69.6 Å². The molecule has 5 heteroatoms. The molecular formula is C17H26N2OS2. The second-order valence-electron chi connectivity index (χ2n) is 6.91. The highest BCUT2D eigenvalue weighted by atomic mass is 32.2. The zero-order chi connectivity index (χ0) is 15.0. The summed E-state index contributed by atoms with van der Waals surface area (Å²) in [4.78, 5) is 6.37. The average Bonchev–Trinajstić information content (AvgIpc) is 3.15. The van der Waals surface area contributed by atoms with E-state index in [4.69, 9.17) is 9.72 Å². The molecule has 0 amide bonds. The number of hydrogen-bond donors (Lipinski definition) is 1. The van der Waals surface area contributed by atoms with Crippen LogP contribution in [0.5, 0.6) is 0 Å². The maximum atomic E-state index is 6.17. The summed E-state index contributed by atoms with van der Waals surface area (Å²) in [5.41, 5.74) is 1.56. The molecule has 1 aromatic heterocycles. The summed E-state index contributed by atoms with van der Waals surface area (Å²) in [6.45, 7) is 3.15. The van der Waals surface area contributed by atoms with E-state index in [1.807, 2.05) is 11.3 Å². The predicted molar refractivity (Wildman–Crippen MR) is 94.0 cm³/mol. The van der Waals surface area contributed by atoms with Crippen LogP contribution < -0.4 is 5.32 Å². The number of nitrogens with zero attached hydrogens (tertiary/aromatic N) is 1. The number of rotatable bonds is 3. The van der Waals surface area contributed by atoms with Gasteiger partial charge in [-0.2, -0.15) is 11.8 Å². The number of ether oxygens (including phenoxy) is 1. The van der Waals surface area contributed by atoms with Crippen molar-refractivity contribution in [3.05, 3.63) is 15.6 Å². The quantitative estimate of drug-likeness (QED) is 0.911. The minimum absolute atomic E-state index is 0.181. The summed E-state index contributed by atoms with van der Waals surface area (Å²) < 4.78 is 6.17. The van der Waals surface area contributed by atoms with Crippen LogP contribution >= 0.6 is 23.1 Å². The molecule has 0 bridgehead atoms. The number of fused-ring (bicyclic) bond motifs is 1. The lowest BCUT2D eigenvalue weighted by Crippen LogP contribution is -2.48. The van der Waals surface area contributed by atoms with Crippen LogP contribution in [0.2, 0.25) is 0 Å². The standard InChI is InChI=1S/C17H26N2OS2/c1-2-15-19-14-5-3-4-13(16(14)22-15)18-12-6-8-20-17(10-12)7-9-21-11-17/h12-13,18H,2-11H2,1H3. The van der Waals surface area contributed by atoms with Crippen molar-refractivity contribution < 1.29 is 4.74 Å². The zero-order valence-electron chi connectivity index (χ0n) is 13.4. The number of hydrogen-bond acceptors (Lipinski definition) is 5. The highest BCUT2D eigenvalue weighted by Gasteiger charge is 2.41. The number of thiazole rings is 1. The van der Waals surface area contributed by atoms with Crippen molar-refractivity contribution in [2.24, 2.45) is 0 Å². The lowest BCUT2D eigenvalue weighted by molar-refractivity contribution is -0.0715. The Labute approximate surface area is 141 Å². The fourth-order valence-electron chi connectivity index (χ4n) is 4.10. The molecule has 3 unspecified atom stereocenters. The van der Waals surface area contributed by atoms with Gasteiger partial charge in [-0.15, -0.1) is 11.3 Å². The van der Waals surface area contributed by atoms with Gasteiger partial charge in [-0.25, -0.2) is 4.98 Å². The maximum Gasteiger partial charge on any atom is 0.0928 e. The third-order valence-electron chi connectivity index (χ3n) is 5.29. The molecular weight excluding hydrogens is 312 g/mol. The van der Waals surface area contributed by atoms with Crippen LogP contribution in [0.1, 0.15) is 60.6 Å². The topological polar surface area (TPSA) is 34.2 Å². The van der Waals surface area contributed by atoms with Crippen LogP contribution in [0, 0.1) is 0 Å². The highest BCUT2D eigenvalue weighted by molar-refractivity contribution is 7.99. The molecule has 3 aliphatic rings. The summed E-state index contributed by atoms with van der Waals surface area (Å²) in [6, 6.07) is 1.16. The van der Waals surface area contributed by atoms with Gasteiger partial charge in [-0.05, 0) is 50.7 Å². The first-order valence-corrected chi connectivity index (χ1v) is 10.7. The minimum Gasteiger partial charge on any atom is -0.374 e. The lowest BCUT2D eigenvalue weighted by Gasteiger charge is -2.40. The first-order chi connectivity index (χ1) is 10.8. The third-order valence-corrected chi connectivity index (χ3v) is 7.87.